The van der Waals surface area contributed by atoms with Crippen molar-refractivity contribution in [2.24, 2.45) is 0 Å². The van der Waals surface area contributed by atoms with E-state index in [2.05, 4.69) is 4.98 Å². The number of pyridine rings is 1. The molecule has 0 aliphatic heterocycles. The van der Waals surface area contributed by atoms with Gasteiger partial charge in [0, 0.05) is 16.3 Å². The first-order valence-electron chi connectivity index (χ1n) is 5.12. The van der Waals surface area contributed by atoms with Gasteiger partial charge in [0.25, 0.3) is 0 Å². The molecule has 0 bridgehead atoms. The molecule has 1 fully saturated rings. The fourth-order valence-electron chi connectivity index (χ4n) is 1.83. The topological polar surface area (TPSA) is 50.2 Å². The average Bonchev–Trinajstić information content (AvgIpc) is 2.71. The molecule has 1 aromatic heterocycles. The summed E-state index contributed by atoms with van der Waals surface area (Å²) < 4.78 is 0. The third-order valence-electron chi connectivity index (χ3n) is 2.57. The van der Waals surface area contributed by atoms with Crippen LogP contribution in [-0.2, 0) is 0 Å². The molecule has 0 atom stereocenters. The fraction of sp³-hybridized carbons (Fsp3) is 0.455. The SMILES string of the molecule is O=C(O)c1ncccc1SC1CCCC1. The Morgan fingerprint density at radius 3 is 2.87 bits per heavy atom. The van der Waals surface area contributed by atoms with E-state index in [-0.39, 0.29) is 5.69 Å². The Balaban J connectivity index is 2.15. The van der Waals surface area contributed by atoms with Crippen LogP contribution in [-0.4, -0.2) is 21.3 Å². The van der Waals surface area contributed by atoms with Gasteiger partial charge in [-0.25, -0.2) is 9.78 Å². The predicted molar refractivity (Wildman–Crippen MR) is 59.3 cm³/mol. The van der Waals surface area contributed by atoms with E-state index in [0.717, 1.165) is 4.90 Å². The van der Waals surface area contributed by atoms with E-state index in [4.69, 9.17) is 5.11 Å². The quantitative estimate of drug-likeness (QED) is 0.856. The molecule has 1 saturated carbocycles. The molecule has 2 rings (SSSR count). The van der Waals surface area contributed by atoms with Gasteiger partial charge in [-0.05, 0) is 25.0 Å². The lowest BCUT2D eigenvalue weighted by atomic mass is 10.3. The highest BCUT2D eigenvalue weighted by Crippen LogP contribution is 2.35. The molecule has 4 heteroatoms. The van der Waals surface area contributed by atoms with Gasteiger partial charge in [-0.3, -0.25) is 0 Å². The molecule has 1 aromatic rings. The van der Waals surface area contributed by atoms with Crippen molar-refractivity contribution in [2.45, 2.75) is 35.8 Å². The summed E-state index contributed by atoms with van der Waals surface area (Å²) in [5.41, 5.74) is 0.189. The van der Waals surface area contributed by atoms with Crippen molar-refractivity contribution in [1.82, 2.24) is 4.98 Å². The molecule has 0 unspecified atom stereocenters. The number of hydrogen-bond donors (Lipinski definition) is 1. The second-order valence-electron chi connectivity index (χ2n) is 3.68. The van der Waals surface area contributed by atoms with E-state index >= 15 is 0 Å². The highest BCUT2D eigenvalue weighted by atomic mass is 32.2. The Bertz CT molecular complexity index is 361. The van der Waals surface area contributed by atoms with Gasteiger partial charge in [-0.15, -0.1) is 11.8 Å². The molecule has 0 spiro atoms. The van der Waals surface area contributed by atoms with Crippen LogP contribution >= 0.6 is 11.8 Å². The zero-order valence-corrected chi connectivity index (χ0v) is 9.17. The number of aromatic carboxylic acids is 1. The monoisotopic (exact) mass is 223 g/mol. The van der Waals surface area contributed by atoms with Crippen molar-refractivity contribution >= 4 is 17.7 Å². The molecule has 0 saturated heterocycles. The molecule has 1 N–H and O–H groups in total. The van der Waals surface area contributed by atoms with E-state index in [1.807, 2.05) is 6.07 Å². The van der Waals surface area contributed by atoms with E-state index in [1.165, 1.54) is 31.9 Å². The molecule has 3 nitrogen and oxygen atoms in total. The number of carboxylic acids is 1. The normalized spacial score (nSPS) is 16.8. The lowest BCUT2D eigenvalue weighted by Gasteiger charge is -2.09. The van der Waals surface area contributed by atoms with Gasteiger partial charge < -0.3 is 5.11 Å². The van der Waals surface area contributed by atoms with Gasteiger partial charge in [-0.2, -0.15) is 0 Å². The minimum atomic E-state index is -0.934. The second-order valence-corrected chi connectivity index (χ2v) is 5.02. The maximum Gasteiger partial charge on any atom is 0.355 e. The lowest BCUT2D eigenvalue weighted by molar-refractivity contribution is 0.0686. The summed E-state index contributed by atoms with van der Waals surface area (Å²) in [5.74, 6) is -0.934. The van der Waals surface area contributed by atoms with Gasteiger partial charge in [0.2, 0.25) is 0 Å². The molecule has 1 heterocycles. The summed E-state index contributed by atoms with van der Waals surface area (Å²) >= 11 is 1.66. The lowest BCUT2D eigenvalue weighted by Crippen LogP contribution is -2.04. The van der Waals surface area contributed by atoms with Gasteiger partial charge in [-0.1, -0.05) is 12.8 Å². The highest BCUT2D eigenvalue weighted by molar-refractivity contribution is 8.00. The van der Waals surface area contributed by atoms with Crippen LogP contribution < -0.4 is 0 Å². The number of hydrogen-bond acceptors (Lipinski definition) is 3. The molecule has 0 amide bonds. The molecular weight excluding hydrogens is 210 g/mol. The Labute approximate surface area is 92.9 Å². The van der Waals surface area contributed by atoms with Crippen LogP contribution in [0.5, 0.6) is 0 Å². The largest absolute Gasteiger partial charge is 0.476 e. The smallest absolute Gasteiger partial charge is 0.355 e. The molecule has 80 valence electrons. The van der Waals surface area contributed by atoms with Crippen LogP contribution in [0.4, 0.5) is 0 Å². The number of aromatic nitrogens is 1. The van der Waals surface area contributed by atoms with Crippen LogP contribution in [0.25, 0.3) is 0 Å². The van der Waals surface area contributed by atoms with Crippen LogP contribution in [0.2, 0.25) is 0 Å². The first-order chi connectivity index (χ1) is 7.27. The zero-order valence-electron chi connectivity index (χ0n) is 8.35. The third kappa shape index (κ3) is 2.50. The Kier molecular flexibility index (Phi) is 3.26. The molecule has 0 aromatic carbocycles. The van der Waals surface area contributed by atoms with Gasteiger partial charge in [0.15, 0.2) is 5.69 Å². The van der Waals surface area contributed by atoms with Gasteiger partial charge in [0.1, 0.15) is 0 Å². The number of thioether (sulfide) groups is 1. The van der Waals surface area contributed by atoms with Crippen molar-refractivity contribution in [3.8, 4) is 0 Å². The highest BCUT2D eigenvalue weighted by Gasteiger charge is 2.19. The van der Waals surface area contributed by atoms with Crippen molar-refractivity contribution in [3.05, 3.63) is 24.0 Å². The molecule has 1 aliphatic rings. The molecular formula is C11H13NO2S. The van der Waals surface area contributed by atoms with Crippen LogP contribution in [0.1, 0.15) is 36.2 Å². The number of carbonyl (C=O) groups is 1. The van der Waals surface area contributed by atoms with Gasteiger partial charge >= 0.3 is 5.97 Å². The van der Waals surface area contributed by atoms with Crippen LogP contribution in [0, 0.1) is 0 Å². The minimum Gasteiger partial charge on any atom is -0.476 e. The summed E-state index contributed by atoms with van der Waals surface area (Å²) in [5, 5.41) is 9.54. The first-order valence-corrected chi connectivity index (χ1v) is 6.00. The third-order valence-corrected chi connectivity index (χ3v) is 3.96. The molecule has 15 heavy (non-hydrogen) atoms. The summed E-state index contributed by atoms with van der Waals surface area (Å²) in [7, 11) is 0. The van der Waals surface area contributed by atoms with E-state index in [1.54, 1.807) is 17.8 Å². The van der Waals surface area contributed by atoms with Crippen LogP contribution in [0.3, 0.4) is 0 Å². The van der Waals surface area contributed by atoms with Crippen molar-refractivity contribution in [1.29, 1.82) is 0 Å². The summed E-state index contributed by atoms with van der Waals surface area (Å²) in [6, 6.07) is 3.64. The first kappa shape index (κ1) is 10.5. The molecule has 0 radical (unpaired) electrons. The maximum atomic E-state index is 10.9. The fourth-order valence-corrected chi connectivity index (χ4v) is 3.17. The Morgan fingerprint density at radius 2 is 2.20 bits per heavy atom. The van der Waals surface area contributed by atoms with E-state index in [9.17, 15) is 4.79 Å². The average molecular weight is 223 g/mol. The van der Waals surface area contributed by atoms with Crippen LogP contribution in [0.15, 0.2) is 23.2 Å². The Hall–Kier alpha value is -1.03. The Morgan fingerprint density at radius 1 is 1.47 bits per heavy atom. The van der Waals surface area contributed by atoms with E-state index < -0.39 is 5.97 Å². The number of rotatable bonds is 3. The minimum absolute atomic E-state index is 0.189. The van der Waals surface area contributed by atoms with Crippen molar-refractivity contribution in [3.63, 3.8) is 0 Å². The van der Waals surface area contributed by atoms with Crippen molar-refractivity contribution in [2.75, 3.05) is 0 Å². The number of nitrogens with zero attached hydrogens (tertiary/aromatic N) is 1. The molecule has 1 aliphatic carbocycles. The predicted octanol–water partition coefficient (Wildman–Crippen LogP) is 2.81. The van der Waals surface area contributed by atoms with E-state index in [0.29, 0.717) is 5.25 Å². The number of carboxylic acid groups (broad SMARTS) is 1. The zero-order chi connectivity index (χ0) is 10.7. The summed E-state index contributed by atoms with van der Waals surface area (Å²) in [6.07, 6.45) is 6.44. The van der Waals surface area contributed by atoms with Gasteiger partial charge in [0.05, 0.1) is 0 Å². The summed E-state index contributed by atoms with van der Waals surface area (Å²) in [6.45, 7) is 0. The maximum absolute atomic E-state index is 10.9. The van der Waals surface area contributed by atoms with Crippen molar-refractivity contribution < 1.29 is 9.90 Å². The second kappa shape index (κ2) is 4.66. The standard InChI is InChI=1S/C11H13NO2S/c13-11(14)10-9(6-3-7-12-10)15-8-4-1-2-5-8/h3,6-8H,1-2,4-5H2,(H,13,14). The summed E-state index contributed by atoms with van der Waals surface area (Å²) in [4.78, 5) is 15.6.